The SMILES string of the molecule is COc1cc(-c2cc3cc(NC(=O)CN(C)C)ccc3[nH]2)c2c(c1OS(C)(=O)=O)CNC2=O. The van der Waals surface area contributed by atoms with E-state index in [9.17, 15) is 18.0 Å². The summed E-state index contributed by atoms with van der Waals surface area (Å²) in [5, 5.41) is 6.41. The number of methoxy groups -OCH3 is 1. The van der Waals surface area contributed by atoms with Crippen LogP contribution in [0, 0.1) is 0 Å². The molecule has 2 amide bonds. The van der Waals surface area contributed by atoms with Gasteiger partial charge in [0.25, 0.3) is 5.91 Å². The van der Waals surface area contributed by atoms with E-state index in [-0.39, 0.29) is 36.4 Å². The lowest BCUT2D eigenvalue weighted by Crippen LogP contribution is -2.27. The molecular weight excluding hydrogens is 448 g/mol. The van der Waals surface area contributed by atoms with Gasteiger partial charge in [-0.25, -0.2) is 0 Å². The molecule has 4 rings (SSSR count). The number of aromatic amines is 1. The number of carbonyl (C=O) groups excluding carboxylic acids is 2. The van der Waals surface area contributed by atoms with E-state index in [1.54, 1.807) is 17.0 Å². The van der Waals surface area contributed by atoms with Gasteiger partial charge in [-0.2, -0.15) is 8.42 Å². The Bertz CT molecular complexity index is 1380. The van der Waals surface area contributed by atoms with Gasteiger partial charge in [-0.1, -0.05) is 0 Å². The fourth-order valence-corrected chi connectivity index (χ4v) is 4.31. The number of rotatable bonds is 7. The molecule has 10 nitrogen and oxygen atoms in total. The number of hydrogen-bond acceptors (Lipinski definition) is 7. The highest BCUT2D eigenvalue weighted by Gasteiger charge is 2.31. The van der Waals surface area contributed by atoms with Crippen molar-refractivity contribution >= 4 is 38.5 Å². The number of aromatic nitrogens is 1. The monoisotopic (exact) mass is 472 g/mol. The van der Waals surface area contributed by atoms with E-state index in [0.29, 0.717) is 28.1 Å². The largest absolute Gasteiger partial charge is 0.493 e. The number of anilines is 1. The maximum atomic E-state index is 12.6. The minimum Gasteiger partial charge on any atom is -0.493 e. The van der Waals surface area contributed by atoms with Crippen molar-refractivity contribution in [1.82, 2.24) is 15.2 Å². The van der Waals surface area contributed by atoms with Crippen molar-refractivity contribution in [3.05, 3.63) is 41.5 Å². The summed E-state index contributed by atoms with van der Waals surface area (Å²) in [6, 6.07) is 8.89. The number of nitrogens with one attached hydrogen (secondary N) is 3. The molecule has 1 aliphatic heterocycles. The third-order valence-electron chi connectivity index (χ3n) is 5.11. The molecule has 0 fully saturated rings. The Hall–Kier alpha value is -3.57. The Kier molecular flexibility index (Phi) is 5.76. The summed E-state index contributed by atoms with van der Waals surface area (Å²) < 4.78 is 34.1. The summed E-state index contributed by atoms with van der Waals surface area (Å²) in [7, 11) is 1.20. The molecule has 0 atom stereocenters. The van der Waals surface area contributed by atoms with Gasteiger partial charge in [0.2, 0.25) is 5.91 Å². The zero-order valence-corrected chi connectivity index (χ0v) is 19.4. The van der Waals surface area contributed by atoms with Gasteiger partial charge in [0.1, 0.15) is 0 Å². The third kappa shape index (κ3) is 4.64. The first-order valence-corrected chi connectivity index (χ1v) is 11.9. The molecule has 2 heterocycles. The molecule has 0 radical (unpaired) electrons. The molecule has 1 aliphatic rings. The van der Waals surface area contributed by atoms with Crippen molar-refractivity contribution < 1.29 is 26.9 Å². The standard InChI is InChI=1S/C22H24N4O6S/c1-26(2)11-19(27)24-13-5-6-16-12(7-13)8-17(25-16)14-9-18(31-3)21(32-33(4,29)30)15-10-23-22(28)20(14)15/h5-9,25H,10-11H2,1-4H3,(H,23,28)(H,24,27). The molecular formula is C22H24N4O6S. The number of H-pyrrole nitrogens is 1. The van der Waals surface area contributed by atoms with Crippen LogP contribution in [0.5, 0.6) is 11.5 Å². The predicted octanol–water partition coefficient (Wildman–Crippen LogP) is 1.93. The average molecular weight is 473 g/mol. The van der Waals surface area contributed by atoms with E-state index in [0.717, 1.165) is 17.2 Å². The molecule has 0 spiro atoms. The maximum absolute atomic E-state index is 12.6. The van der Waals surface area contributed by atoms with Crippen molar-refractivity contribution in [2.45, 2.75) is 6.54 Å². The summed E-state index contributed by atoms with van der Waals surface area (Å²) in [6.45, 7) is 0.380. The van der Waals surface area contributed by atoms with Crippen LogP contribution in [0.3, 0.4) is 0 Å². The highest BCUT2D eigenvalue weighted by molar-refractivity contribution is 7.86. The first-order valence-electron chi connectivity index (χ1n) is 10.0. The van der Waals surface area contributed by atoms with Gasteiger partial charge >= 0.3 is 10.1 Å². The third-order valence-corrected chi connectivity index (χ3v) is 5.58. The lowest BCUT2D eigenvalue weighted by Gasteiger charge is -2.15. The van der Waals surface area contributed by atoms with Gasteiger partial charge in [-0.05, 0) is 44.4 Å². The van der Waals surface area contributed by atoms with Crippen molar-refractivity contribution in [2.24, 2.45) is 0 Å². The summed E-state index contributed by atoms with van der Waals surface area (Å²) in [4.78, 5) is 29.8. The first-order chi connectivity index (χ1) is 15.6. The summed E-state index contributed by atoms with van der Waals surface area (Å²) >= 11 is 0. The number of fused-ring (bicyclic) bond motifs is 2. The Morgan fingerprint density at radius 3 is 2.64 bits per heavy atom. The van der Waals surface area contributed by atoms with Gasteiger partial charge in [0.15, 0.2) is 11.5 Å². The molecule has 0 unspecified atom stereocenters. The van der Waals surface area contributed by atoms with Gasteiger partial charge in [0, 0.05) is 40.0 Å². The van der Waals surface area contributed by atoms with Crippen molar-refractivity contribution in [3.63, 3.8) is 0 Å². The van der Waals surface area contributed by atoms with E-state index in [1.807, 2.05) is 32.3 Å². The van der Waals surface area contributed by atoms with Gasteiger partial charge < -0.3 is 29.4 Å². The number of benzene rings is 2. The molecule has 2 aromatic carbocycles. The molecule has 0 saturated carbocycles. The number of likely N-dealkylation sites (N-methyl/N-ethyl adjacent to an activating group) is 1. The van der Waals surface area contributed by atoms with Crippen LogP contribution in [0.1, 0.15) is 15.9 Å². The number of hydrogen-bond donors (Lipinski definition) is 3. The van der Waals surface area contributed by atoms with Crippen LogP contribution < -0.4 is 19.6 Å². The van der Waals surface area contributed by atoms with Crippen LogP contribution in [0.2, 0.25) is 0 Å². The normalized spacial score (nSPS) is 13.2. The Balaban J connectivity index is 1.79. The molecule has 174 valence electrons. The summed E-state index contributed by atoms with van der Waals surface area (Å²) in [6.07, 6.45) is 0.934. The van der Waals surface area contributed by atoms with E-state index >= 15 is 0 Å². The number of amides is 2. The molecule has 0 bridgehead atoms. The lowest BCUT2D eigenvalue weighted by atomic mass is 9.98. The quantitative estimate of drug-likeness (QED) is 0.448. The topological polar surface area (TPSA) is 130 Å². The number of carbonyl (C=O) groups is 2. The van der Waals surface area contributed by atoms with Gasteiger partial charge in [-0.3, -0.25) is 9.59 Å². The second-order valence-electron chi connectivity index (χ2n) is 8.05. The van der Waals surface area contributed by atoms with Crippen LogP contribution in [-0.2, 0) is 21.5 Å². The highest BCUT2D eigenvalue weighted by atomic mass is 32.2. The van der Waals surface area contributed by atoms with Gasteiger partial charge in [0.05, 0.1) is 25.5 Å². The molecule has 3 aromatic rings. The van der Waals surface area contributed by atoms with E-state index in [4.69, 9.17) is 8.92 Å². The fourth-order valence-electron chi connectivity index (χ4n) is 3.83. The van der Waals surface area contributed by atoms with Crippen LogP contribution in [0.15, 0.2) is 30.3 Å². The summed E-state index contributed by atoms with van der Waals surface area (Å²) in [5.74, 6) is -0.271. The van der Waals surface area contributed by atoms with Crippen LogP contribution in [-0.4, -0.2) is 64.1 Å². The molecule has 0 aliphatic carbocycles. The smallest absolute Gasteiger partial charge is 0.306 e. The number of nitrogens with zero attached hydrogens (tertiary/aromatic N) is 1. The maximum Gasteiger partial charge on any atom is 0.306 e. The van der Waals surface area contributed by atoms with E-state index in [2.05, 4.69) is 15.6 Å². The molecule has 0 saturated heterocycles. The molecule has 33 heavy (non-hydrogen) atoms. The fraction of sp³-hybridized carbons (Fsp3) is 0.273. The van der Waals surface area contributed by atoms with E-state index < -0.39 is 10.1 Å². The van der Waals surface area contributed by atoms with Crippen molar-refractivity contribution in [2.75, 3.05) is 39.3 Å². The molecule has 11 heteroatoms. The predicted molar refractivity (Wildman–Crippen MR) is 124 cm³/mol. The first kappa shape index (κ1) is 22.6. The zero-order valence-electron chi connectivity index (χ0n) is 18.6. The van der Waals surface area contributed by atoms with Crippen molar-refractivity contribution in [1.29, 1.82) is 0 Å². The molecule has 1 aromatic heterocycles. The minimum absolute atomic E-state index is 0.000832. The number of ether oxygens (including phenoxy) is 1. The zero-order chi connectivity index (χ0) is 23.9. The highest BCUT2D eigenvalue weighted by Crippen LogP contribution is 2.43. The second kappa shape index (κ2) is 8.41. The average Bonchev–Trinajstić information content (AvgIpc) is 3.30. The lowest BCUT2D eigenvalue weighted by molar-refractivity contribution is -0.116. The van der Waals surface area contributed by atoms with Crippen LogP contribution in [0.4, 0.5) is 5.69 Å². The minimum atomic E-state index is -3.83. The molecule has 3 N–H and O–H groups in total. The van der Waals surface area contributed by atoms with Crippen LogP contribution >= 0.6 is 0 Å². The van der Waals surface area contributed by atoms with Gasteiger partial charge in [-0.15, -0.1) is 0 Å². The Morgan fingerprint density at radius 2 is 1.97 bits per heavy atom. The van der Waals surface area contributed by atoms with E-state index in [1.165, 1.54) is 7.11 Å². The summed E-state index contributed by atoms with van der Waals surface area (Å²) in [5.41, 5.74) is 3.37. The second-order valence-corrected chi connectivity index (χ2v) is 9.63. The van der Waals surface area contributed by atoms with Crippen LogP contribution in [0.25, 0.3) is 22.2 Å². The van der Waals surface area contributed by atoms with Crippen molar-refractivity contribution in [3.8, 4) is 22.8 Å². The Labute approximate surface area is 191 Å². The Morgan fingerprint density at radius 1 is 1.21 bits per heavy atom.